The fraction of sp³-hybridized carbons (Fsp3) is 0.800. The number of aryl methyl sites for hydroxylation is 1. The van der Waals surface area contributed by atoms with Gasteiger partial charge >= 0.3 is 15.6 Å². The number of carbonyl (C=O) groups excluding carboxylic acids is 7. The summed E-state index contributed by atoms with van der Waals surface area (Å²) in [5.41, 5.74) is 5.98. The molecule has 2 aromatic rings. The number of unbranched alkanes of at least 4 members (excludes halogenated alkanes) is 7. The van der Waals surface area contributed by atoms with Gasteiger partial charge in [-0.15, -0.1) is 0 Å². The molecule has 2 aliphatic rings. The van der Waals surface area contributed by atoms with E-state index in [0.717, 1.165) is 20.0 Å². The first-order valence-corrected chi connectivity index (χ1v) is 36.2. The lowest BCUT2D eigenvalue weighted by Gasteiger charge is -2.34. The quantitative estimate of drug-likeness (QED) is 0.0330. The molecule has 7 amide bonds. The van der Waals surface area contributed by atoms with Crippen LogP contribution in [0.1, 0.15) is 159 Å². The van der Waals surface area contributed by atoms with Crippen LogP contribution >= 0.6 is 15.6 Å². The molecular weight excluding hydrogens is 1290 g/mol. The van der Waals surface area contributed by atoms with Crippen molar-refractivity contribution in [3.05, 3.63) is 18.3 Å². The molecule has 2 fully saturated rings. The van der Waals surface area contributed by atoms with E-state index in [2.05, 4.69) is 51.4 Å². The van der Waals surface area contributed by atoms with Crippen LogP contribution in [0, 0.1) is 12.8 Å². The maximum atomic E-state index is 13.8. The summed E-state index contributed by atoms with van der Waals surface area (Å²) in [5.74, 6) is -2.44. The van der Waals surface area contributed by atoms with E-state index in [9.17, 15) is 57.6 Å². The highest BCUT2D eigenvalue weighted by molar-refractivity contribution is 7.47. The van der Waals surface area contributed by atoms with Gasteiger partial charge in [-0.3, -0.25) is 51.7 Å². The molecule has 0 radical (unpaired) electrons. The Kier molecular flexibility index (Phi) is 39.9. The number of hydrogen-bond acceptors (Lipinski definition) is 23. The molecule has 1 saturated carbocycles. The number of nitrogens with one attached hydrogen (secondary N) is 6. The smallest absolute Gasteiger partial charge is 0.396 e. The minimum absolute atomic E-state index is 0.00205. The summed E-state index contributed by atoms with van der Waals surface area (Å²) in [7, 11) is -8.24. The summed E-state index contributed by atoms with van der Waals surface area (Å²) in [4.78, 5) is 125. The molecule has 35 heteroatoms. The molecule has 0 aromatic carbocycles. The third kappa shape index (κ3) is 33.7. The maximum Gasteiger partial charge on any atom is 0.472 e. The highest BCUT2D eigenvalue weighted by atomic mass is 31.2. The van der Waals surface area contributed by atoms with Gasteiger partial charge in [-0.05, 0) is 90.5 Å². The zero-order valence-corrected chi connectivity index (χ0v) is 57.1. The minimum atomic E-state index is -4.84. The van der Waals surface area contributed by atoms with Crippen LogP contribution in [0.25, 0.3) is 11.2 Å². The highest BCUT2D eigenvalue weighted by Crippen LogP contribution is 2.52. The van der Waals surface area contributed by atoms with Gasteiger partial charge in [0.05, 0.1) is 83.1 Å². The first kappa shape index (κ1) is 82.2. The summed E-state index contributed by atoms with van der Waals surface area (Å²) >= 11 is 0. The van der Waals surface area contributed by atoms with Gasteiger partial charge in [0, 0.05) is 116 Å². The number of phosphoric ester groups is 2. The number of nitrogens with zero attached hydrogens (tertiary/aromatic N) is 5. The van der Waals surface area contributed by atoms with Crippen LogP contribution in [0.3, 0.4) is 0 Å². The first-order valence-electron chi connectivity index (χ1n) is 33.2. The van der Waals surface area contributed by atoms with Crippen molar-refractivity contribution in [2.45, 2.75) is 184 Å². The van der Waals surface area contributed by atoms with E-state index in [1.165, 1.54) is 11.2 Å². The van der Waals surface area contributed by atoms with Crippen molar-refractivity contribution in [2.75, 3.05) is 119 Å². The predicted molar refractivity (Wildman–Crippen MR) is 345 cm³/mol. The second-order valence-corrected chi connectivity index (χ2v) is 26.9. The number of β-amino-alcohol motifs (C(OH)–C–C–N with tert-alkyl or cyclic N) is 1. The molecule has 3 heterocycles. The zero-order chi connectivity index (χ0) is 69.3. The molecule has 2 aromatic heterocycles. The average Bonchev–Trinajstić information content (AvgIpc) is 1.64. The number of nitrogens with two attached hydrogens (primary N) is 1. The third-order valence-corrected chi connectivity index (χ3v) is 17.9. The van der Waals surface area contributed by atoms with E-state index in [4.69, 9.17) is 43.7 Å². The van der Waals surface area contributed by atoms with Gasteiger partial charge < -0.3 is 86.4 Å². The second-order valence-electron chi connectivity index (χ2n) is 23.9. The van der Waals surface area contributed by atoms with E-state index in [-0.39, 0.29) is 165 Å². The van der Waals surface area contributed by atoms with Crippen molar-refractivity contribution in [1.29, 1.82) is 0 Å². The molecule has 542 valence electrons. The zero-order valence-electron chi connectivity index (χ0n) is 55.3. The van der Waals surface area contributed by atoms with Crippen LogP contribution < -0.4 is 37.6 Å². The molecule has 2 unspecified atom stereocenters. The number of ether oxygens (including phenoxy) is 3. The number of likely N-dealkylation sites (tertiary alicyclic amines) is 1. The fourth-order valence-corrected chi connectivity index (χ4v) is 12.3. The van der Waals surface area contributed by atoms with Gasteiger partial charge in [-0.25, -0.2) is 24.1 Å². The molecule has 33 nitrogen and oxygen atoms in total. The number of phosphoric acid groups is 2. The topological polar surface area (TPSA) is 464 Å². The van der Waals surface area contributed by atoms with Crippen LogP contribution in [-0.4, -0.2) is 234 Å². The number of imidazole rings is 1. The van der Waals surface area contributed by atoms with Crippen LogP contribution in [0.15, 0.2) is 12.7 Å². The molecule has 1 saturated heterocycles. The molecule has 95 heavy (non-hydrogen) atoms. The SMILES string of the molecule is COP(=O)(O)OC[C@H]1C[C@@H](n2cnc3c(C)ncnc32)C[C@@H]1OP(=O)(O)OC[C@@H]1C[C@@H](O)CN1C(=O)CCCCCCCCC(=O)NC(COCCC(=O)NCCCN)(COCCC(=O)NCCCNC(=O)CCCCO)COCCC(=O)NCCCNC(=O)CCCCO. The number of aliphatic hydroxyl groups is 3. The molecule has 0 spiro atoms. The average molecular weight is 1390 g/mol. The number of hydrogen-bond donors (Lipinski definition) is 12. The van der Waals surface area contributed by atoms with Gasteiger partial charge in [-0.1, -0.05) is 25.7 Å². The lowest BCUT2D eigenvalue weighted by atomic mass is 10.0. The molecule has 4 rings (SSSR count). The Labute approximate surface area is 556 Å². The third-order valence-electron chi connectivity index (χ3n) is 16.0. The van der Waals surface area contributed by atoms with E-state index < -0.39 is 52.0 Å². The van der Waals surface area contributed by atoms with Crippen molar-refractivity contribution in [3.8, 4) is 0 Å². The number of carbonyl (C=O) groups is 7. The monoisotopic (exact) mass is 1390 g/mol. The van der Waals surface area contributed by atoms with Crippen LogP contribution in [0.5, 0.6) is 0 Å². The lowest BCUT2D eigenvalue weighted by molar-refractivity contribution is -0.133. The van der Waals surface area contributed by atoms with Crippen molar-refractivity contribution >= 4 is 68.2 Å². The van der Waals surface area contributed by atoms with Crippen molar-refractivity contribution in [1.82, 2.24) is 56.3 Å². The van der Waals surface area contributed by atoms with Gasteiger partial charge in [0.25, 0.3) is 0 Å². The summed E-state index contributed by atoms with van der Waals surface area (Å²) in [6, 6.07) is -1.11. The highest BCUT2D eigenvalue weighted by Gasteiger charge is 2.44. The number of amides is 7. The fourth-order valence-electron chi connectivity index (χ4n) is 10.8. The molecule has 13 N–H and O–H groups in total. The Morgan fingerprint density at radius 3 is 1.61 bits per heavy atom. The van der Waals surface area contributed by atoms with Crippen molar-refractivity contribution < 1.29 is 100 Å². The molecule has 0 bridgehead atoms. The van der Waals surface area contributed by atoms with E-state index in [0.29, 0.717) is 140 Å². The minimum Gasteiger partial charge on any atom is -0.396 e. The Hall–Kier alpha value is -5.22. The summed E-state index contributed by atoms with van der Waals surface area (Å²) in [6.07, 6.45) is 10.0. The molecule has 1 aliphatic heterocycles. The Morgan fingerprint density at radius 1 is 0.600 bits per heavy atom. The summed E-state index contributed by atoms with van der Waals surface area (Å²) < 4.78 is 66.6. The van der Waals surface area contributed by atoms with Gasteiger partial charge in [0.15, 0.2) is 5.65 Å². The van der Waals surface area contributed by atoms with Gasteiger partial charge in [-0.2, -0.15) is 0 Å². The van der Waals surface area contributed by atoms with E-state index in [1.54, 1.807) is 17.8 Å². The molecule has 7 atom stereocenters. The Bertz CT molecular complexity index is 2670. The number of aromatic nitrogens is 4. The van der Waals surface area contributed by atoms with Gasteiger partial charge in [0.2, 0.25) is 41.4 Å². The van der Waals surface area contributed by atoms with Crippen LogP contribution in [0.2, 0.25) is 0 Å². The number of fused-ring (bicyclic) bond motifs is 1. The molecule has 1 aliphatic carbocycles. The Morgan fingerprint density at radius 2 is 1.08 bits per heavy atom. The normalized spacial score (nSPS) is 18.5. The first-order chi connectivity index (χ1) is 45.6. The lowest BCUT2D eigenvalue weighted by Crippen LogP contribution is -2.58. The standard InChI is InChI=1S/C60H106N12O21P2/c1-45-58-59(68-43-67-45)72(44-69-58)47-34-46(38-91-94(83,84)87-2)50(36-47)93-95(85,86)92-39-48-35-49(75)37-71(48)57(82)19-8-6-4-3-5-7-18-56(81)70-60(40-88-31-20-53(78)62-24-13-23-61,41-89-32-21-54(79)65-27-14-25-63-51(76)16-9-11-29-73)42-90-33-22-55(80)66-28-15-26-64-52(77)17-10-12-30-74/h43-44,46-50,73-75H,3-42,61H2,1-2H3,(H,62,78)(H,63,76)(H,64,77)(H,65,79)(H,66,80)(H,70,81)(H,83,84)(H,85,86)/t46-,47-,48+,49-,50+/m1/s1. The number of rotatable bonds is 54. The molecular formula is C60H106N12O21P2. The van der Waals surface area contributed by atoms with Crippen LogP contribution in [0.4, 0.5) is 0 Å². The van der Waals surface area contributed by atoms with E-state index >= 15 is 0 Å². The summed E-state index contributed by atoms with van der Waals surface area (Å²) in [6.45, 7) is 2.53. The van der Waals surface area contributed by atoms with Crippen molar-refractivity contribution in [3.63, 3.8) is 0 Å². The van der Waals surface area contributed by atoms with Gasteiger partial charge in [0.1, 0.15) is 17.4 Å². The Balaban J connectivity index is 1.28. The van der Waals surface area contributed by atoms with Crippen LogP contribution in [-0.2, 0) is 75.0 Å². The largest absolute Gasteiger partial charge is 0.472 e. The summed E-state index contributed by atoms with van der Waals surface area (Å²) in [5, 5.41) is 45.5. The van der Waals surface area contributed by atoms with Crippen molar-refractivity contribution in [2.24, 2.45) is 11.7 Å². The second kappa shape index (κ2) is 46.1. The maximum absolute atomic E-state index is 13.8. The number of aliphatic hydroxyl groups excluding tert-OH is 3. The predicted octanol–water partition coefficient (Wildman–Crippen LogP) is 1.54. The van der Waals surface area contributed by atoms with E-state index in [1.807, 2.05) is 0 Å².